The van der Waals surface area contributed by atoms with Crippen molar-refractivity contribution in [1.29, 1.82) is 0 Å². The van der Waals surface area contributed by atoms with Crippen molar-refractivity contribution < 1.29 is 4.74 Å². The summed E-state index contributed by atoms with van der Waals surface area (Å²) in [6.07, 6.45) is 5.36. The van der Waals surface area contributed by atoms with Crippen LogP contribution < -0.4 is 10.1 Å². The highest BCUT2D eigenvalue weighted by atomic mass is 127. The van der Waals surface area contributed by atoms with Crippen LogP contribution in [0.25, 0.3) is 0 Å². The lowest BCUT2D eigenvalue weighted by atomic mass is 10.2. The number of anilines is 1. The third kappa shape index (κ3) is 4.03. The number of nitrogens with one attached hydrogen (secondary N) is 1. The van der Waals surface area contributed by atoms with Crippen LogP contribution in [0.1, 0.15) is 24.7 Å². The standard InChI is InChI=1S/C14H17IN4O/c1-3-6-16-14-11(15)9-17-12(19-14)7-10-4-5-13(20-2)18-8-10/h4-5,8-9H,3,6-7H2,1-2H3,(H,16,17,19). The highest BCUT2D eigenvalue weighted by Crippen LogP contribution is 2.16. The summed E-state index contributed by atoms with van der Waals surface area (Å²) >= 11 is 2.24. The lowest BCUT2D eigenvalue weighted by Gasteiger charge is -2.08. The van der Waals surface area contributed by atoms with Gasteiger partial charge in [0.25, 0.3) is 0 Å². The van der Waals surface area contributed by atoms with Crippen LogP contribution >= 0.6 is 22.6 Å². The fourth-order valence-corrected chi connectivity index (χ4v) is 2.13. The monoisotopic (exact) mass is 384 g/mol. The number of rotatable bonds is 6. The van der Waals surface area contributed by atoms with Gasteiger partial charge in [-0.05, 0) is 34.6 Å². The minimum atomic E-state index is 0.613. The number of ether oxygens (including phenoxy) is 1. The fraction of sp³-hybridized carbons (Fsp3) is 0.357. The van der Waals surface area contributed by atoms with Crippen molar-refractivity contribution in [2.24, 2.45) is 0 Å². The first-order chi connectivity index (χ1) is 9.72. The molecule has 20 heavy (non-hydrogen) atoms. The number of pyridine rings is 1. The van der Waals surface area contributed by atoms with E-state index in [0.29, 0.717) is 12.3 Å². The Bertz CT molecular complexity index is 560. The molecule has 0 spiro atoms. The number of hydrogen-bond donors (Lipinski definition) is 1. The van der Waals surface area contributed by atoms with E-state index in [1.165, 1.54) is 0 Å². The third-order valence-corrected chi connectivity index (χ3v) is 3.49. The molecule has 0 aromatic carbocycles. The van der Waals surface area contributed by atoms with Crippen molar-refractivity contribution >= 4 is 28.4 Å². The molecule has 0 unspecified atom stereocenters. The van der Waals surface area contributed by atoms with Crippen molar-refractivity contribution in [2.45, 2.75) is 19.8 Å². The van der Waals surface area contributed by atoms with Gasteiger partial charge >= 0.3 is 0 Å². The minimum Gasteiger partial charge on any atom is -0.481 e. The maximum atomic E-state index is 5.05. The molecule has 0 radical (unpaired) electrons. The van der Waals surface area contributed by atoms with Crippen molar-refractivity contribution in [3.63, 3.8) is 0 Å². The van der Waals surface area contributed by atoms with Gasteiger partial charge in [-0.1, -0.05) is 13.0 Å². The van der Waals surface area contributed by atoms with Crippen molar-refractivity contribution in [3.8, 4) is 5.88 Å². The summed E-state index contributed by atoms with van der Waals surface area (Å²) in [5.74, 6) is 2.30. The molecule has 2 aromatic heterocycles. The molecule has 0 amide bonds. The molecule has 0 aliphatic rings. The van der Waals surface area contributed by atoms with Gasteiger partial charge in [-0.2, -0.15) is 0 Å². The maximum Gasteiger partial charge on any atom is 0.212 e. The SMILES string of the molecule is CCCNc1nc(Cc2ccc(OC)nc2)ncc1I. The zero-order valence-electron chi connectivity index (χ0n) is 11.6. The molecule has 0 bridgehead atoms. The molecule has 0 fully saturated rings. The van der Waals surface area contributed by atoms with Gasteiger partial charge in [0, 0.05) is 31.4 Å². The minimum absolute atomic E-state index is 0.613. The van der Waals surface area contributed by atoms with E-state index >= 15 is 0 Å². The van der Waals surface area contributed by atoms with Gasteiger partial charge in [0.1, 0.15) is 11.6 Å². The number of hydrogen-bond acceptors (Lipinski definition) is 5. The third-order valence-electron chi connectivity index (χ3n) is 2.71. The molecule has 0 saturated heterocycles. The average Bonchev–Trinajstić information content (AvgIpc) is 2.48. The van der Waals surface area contributed by atoms with Crippen molar-refractivity contribution in [3.05, 3.63) is 39.5 Å². The average molecular weight is 384 g/mol. The Morgan fingerprint density at radius 2 is 2.10 bits per heavy atom. The Hall–Kier alpha value is -1.44. The Labute approximate surface area is 132 Å². The second kappa shape index (κ2) is 7.37. The molecule has 2 heterocycles. The highest BCUT2D eigenvalue weighted by molar-refractivity contribution is 14.1. The number of methoxy groups -OCH3 is 1. The van der Waals surface area contributed by atoms with E-state index in [0.717, 1.165) is 33.7 Å². The zero-order chi connectivity index (χ0) is 14.4. The molecule has 2 aromatic rings. The molecule has 1 N–H and O–H groups in total. The van der Waals surface area contributed by atoms with E-state index in [9.17, 15) is 0 Å². The predicted octanol–water partition coefficient (Wildman–Crippen LogP) is 2.90. The van der Waals surface area contributed by atoms with E-state index in [1.54, 1.807) is 13.3 Å². The van der Waals surface area contributed by atoms with Gasteiger partial charge < -0.3 is 10.1 Å². The number of nitrogens with zero attached hydrogens (tertiary/aromatic N) is 3. The second-order valence-corrected chi connectivity index (χ2v) is 5.46. The van der Waals surface area contributed by atoms with Crippen LogP contribution in [0, 0.1) is 3.57 Å². The van der Waals surface area contributed by atoms with E-state index in [-0.39, 0.29) is 0 Å². The summed E-state index contributed by atoms with van der Waals surface area (Å²) in [7, 11) is 1.61. The number of aromatic nitrogens is 3. The van der Waals surface area contributed by atoms with E-state index in [2.05, 4.69) is 49.8 Å². The van der Waals surface area contributed by atoms with Gasteiger partial charge in [-0.3, -0.25) is 0 Å². The lowest BCUT2D eigenvalue weighted by molar-refractivity contribution is 0.397. The predicted molar refractivity (Wildman–Crippen MR) is 87.1 cm³/mol. The van der Waals surface area contributed by atoms with E-state index in [1.807, 2.05) is 18.3 Å². The Kier molecular flexibility index (Phi) is 5.51. The summed E-state index contributed by atoms with van der Waals surface area (Å²) < 4.78 is 6.08. The van der Waals surface area contributed by atoms with Gasteiger partial charge in [-0.15, -0.1) is 0 Å². The van der Waals surface area contributed by atoms with Gasteiger partial charge in [-0.25, -0.2) is 15.0 Å². The summed E-state index contributed by atoms with van der Waals surface area (Å²) in [6, 6.07) is 3.82. The van der Waals surface area contributed by atoms with Gasteiger partial charge in [0.2, 0.25) is 5.88 Å². The van der Waals surface area contributed by atoms with Crippen molar-refractivity contribution in [2.75, 3.05) is 19.0 Å². The fourth-order valence-electron chi connectivity index (χ4n) is 1.68. The number of halogens is 1. The van der Waals surface area contributed by atoms with E-state index in [4.69, 9.17) is 4.74 Å². The van der Waals surface area contributed by atoms with Gasteiger partial charge in [0.15, 0.2) is 0 Å². The van der Waals surface area contributed by atoms with Crippen LogP contribution in [0.3, 0.4) is 0 Å². The normalized spacial score (nSPS) is 10.3. The molecule has 0 saturated carbocycles. The Morgan fingerprint density at radius 3 is 2.75 bits per heavy atom. The molecule has 0 aliphatic heterocycles. The van der Waals surface area contributed by atoms with Crippen molar-refractivity contribution in [1.82, 2.24) is 15.0 Å². The molecule has 5 nitrogen and oxygen atoms in total. The topological polar surface area (TPSA) is 59.9 Å². The first kappa shape index (κ1) is 15.0. The summed E-state index contributed by atoms with van der Waals surface area (Å²) in [4.78, 5) is 13.1. The van der Waals surface area contributed by atoms with Crippen LogP contribution in [0.4, 0.5) is 5.82 Å². The molecular weight excluding hydrogens is 367 g/mol. The molecule has 0 atom stereocenters. The Balaban J connectivity index is 2.11. The summed E-state index contributed by atoms with van der Waals surface area (Å²) in [6.45, 7) is 3.04. The molecule has 0 aliphatic carbocycles. The van der Waals surface area contributed by atoms with Crippen LogP contribution in [0.5, 0.6) is 5.88 Å². The van der Waals surface area contributed by atoms with Crippen LogP contribution in [0.2, 0.25) is 0 Å². The largest absolute Gasteiger partial charge is 0.481 e. The quantitative estimate of drug-likeness (QED) is 0.777. The van der Waals surface area contributed by atoms with E-state index < -0.39 is 0 Å². The van der Waals surface area contributed by atoms with Crippen LogP contribution in [-0.4, -0.2) is 28.6 Å². The maximum absolute atomic E-state index is 5.05. The van der Waals surface area contributed by atoms with Crippen LogP contribution in [0.15, 0.2) is 24.5 Å². The molecule has 2 rings (SSSR count). The van der Waals surface area contributed by atoms with Gasteiger partial charge in [0.05, 0.1) is 10.7 Å². The zero-order valence-corrected chi connectivity index (χ0v) is 13.7. The second-order valence-electron chi connectivity index (χ2n) is 4.30. The summed E-state index contributed by atoms with van der Waals surface area (Å²) in [5.41, 5.74) is 1.06. The van der Waals surface area contributed by atoms with Crippen LogP contribution in [-0.2, 0) is 6.42 Å². The Morgan fingerprint density at radius 1 is 1.25 bits per heavy atom. The summed E-state index contributed by atoms with van der Waals surface area (Å²) in [5, 5.41) is 3.31. The first-order valence-electron chi connectivity index (χ1n) is 6.47. The smallest absolute Gasteiger partial charge is 0.212 e. The molecule has 6 heteroatoms. The first-order valence-corrected chi connectivity index (χ1v) is 7.55. The highest BCUT2D eigenvalue weighted by Gasteiger charge is 2.06. The lowest BCUT2D eigenvalue weighted by Crippen LogP contribution is -2.07. The molecular formula is C14H17IN4O. The molecule has 106 valence electrons.